The Morgan fingerprint density at radius 1 is 0.846 bits per heavy atom. The first kappa shape index (κ1) is 16.4. The fourth-order valence-corrected chi connectivity index (χ4v) is 4.11. The number of allylic oxidation sites excluding steroid dienone is 4. The number of carbonyl (C=O) groups excluding carboxylic acids is 3. The molecule has 2 atom stereocenters. The number of aldehydes is 1. The minimum atomic E-state index is -0.383. The summed E-state index contributed by atoms with van der Waals surface area (Å²) in [6.07, 6.45) is 3.05. The molecule has 0 fully saturated rings. The topological polar surface area (TPSA) is 51.2 Å². The van der Waals surface area contributed by atoms with Gasteiger partial charge in [-0.15, -0.1) is 0 Å². The molecule has 2 aliphatic carbocycles. The van der Waals surface area contributed by atoms with Crippen LogP contribution in [0, 0.1) is 11.8 Å². The van der Waals surface area contributed by atoms with E-state index in [2.05, 4.69) is 0 Å². The number of benzene rings is 2. The molecule has 0 N–H and O–H groups in total. The number of hydrogen-bond acceptors (Lipinski definition) is 3. The van der Waals surface area contributed by atoms with Gasteiger partial charge in [0.25, 0.3) is 0 Å². The third kappa shape index (κ3) is 2.39. The molecule has 0 amide bonds. The molecular weight excluding hydrogens is 324 g/mol. The number of carbonyl (C=O) groups is 3. The fourth-order valence-electron chi connectivity index (χ4n) is 4.11. The van der Waals surface area contributed by atoms with Gasteiger partial charge in [0, 0.05) is 40.5 Å². The lowest BCUT2D eigenvalue weighted by Crippen LogP contribution is -2.32. The Labute approximate surface area is 152 Å². The molecule has 0 heterocycles. The van der Waals surface area contributed by atoms with Crippen LogP contribution in [0.25, 0.3) is 5.57 Å². The molecule has 2 aromatic carbocycles. The van der Waals surface area contributed by atoms with Gasteiger partial charge >= 0.3 is 0 Å². The lowest BCUT2D eigenvalue weighted by Gasteiger charge is -2.34. The zero-order valence-corrected chi connectivity index (χ0v) is 14.4. The third-order valence-electron chi connectivity index (χ3n) is 5.24. The summed E-state index contributed by atoms with van der Waals surface area (Å²) in [6, 6.07) is 16.7. The zero-order chi connectivity index (χ0) is 18.3. The average molecular weight is 342 g/mol. The van der Waals surface area contributed by atoms with Crippen LogP contribution < -0.4 is 0 Å². The molecule has 2 aromatic rings. The van der Waals surface area contributed by atoms with Crippen molar-refractivity contribution in [1.29, 1.82) is 0 Å². The Morgan fingerprint density at radius 3 is 2.04 bits per heavy atom. The van der Waals surface area contributed by atoms with E-state index in [1.54, 1.807) is 24.3 Å². The highest BCUT2D eigenvalue weighted by Crippen LogP contribution is 2.45. The highest BCUT2D eigenvalue weighted by Gasteiger charge is 2.41. The predicted octanol–water partition coefficient (Wildman–Crippen LogP) is 4.30. The van der Waals surface area contributed by atoms with Crippen LogP contribution in [0.15, 0.2) is 71.8 Å². The van der Waals surface area contributed by atoms with Crippen molar-refractivity contribution in [1.82, 2.24) is 0 Å². The van der Waals surface area contributed by atoms with Crippen LogP contribution in [-0.2, 0) is 4.79 Å². The maximum absolute atomic E-state index is 13.3. The van der Waals surface area contributed by atoms with Crippen molar-refractivity contribution in [2.24, 2.45) is 11.8 Å². The lowest BCUT2D eigenvalue weighted by atomic mass is 9.67. The van der Waals surface area contributed by atoms with Gasteiger partial charge in [-0.2, -0.15) is 0 Å². The van der Waals surface area contributed by atoms with Gasteiger partial charge in [0.2, 0.25) is 0 Å². The normalized spacial score (nSPS) is 21.8. The van der Waals surface area contributed by atoms with Crippen LogP contribution in [0.3, 0.4) is 0 Å². The molecule has 3 heteroatoms. The van der Waals surface area contributed by atoms with Crippen molar-refractivity contribution in [3.05, 3.63) is 88.5 Å². The van der Waals surface area contributed by atoms with Crippen LogP contribution in [0.1, 0.15) is 39.6 Å². The first-order chi connectivity index (χ1) is 12.6. The number of hydrogen-bond donors (Lipinski definition) is 0. The van der Waals surface area contributed by atoms with Gasteiger partial charge in [0.05, 0.1) is 0 Å². The molecule has 0 saturated heterocycles. The van der Waals surface area contributed by atoms with E-state index in [9.17, 15) is 14.4 Å². The van der Waals surface area contributed by atoms with Gasteiger partial charge < -0.3 is 4.79 Å². The maximum Gasteiger partial charge on any atom is 0.190 e. The molecule has 2 aliphatic rings. The van der Waals surface area contributed by atoms with Crippen molar-refractivity contribution in [3.8, 4) is 0 Å². The summed E-state index contributed by atoms with van der Waals surface area (Å²) in [5.74, 6) is -0.781. The number of ketones is 2. The summed E-state index contributed by atoms with van der Waals surface area (Å²) >= 11 is 0. The second-order valence-electron chi connectivity index (χ2n) is 6.76. The van der Waals surface area contributed by atoms with Crippen LogP contribution in [-0.4, -0.2) is 17.9 Å². The molecular formula is C23H18O3. The molecule has 0 radical (unpaired) electrons. The van der Waals surface area contributed by atoms with Gasteiger partial charge in [-0.25, -0.2) is 0 Å². The number of fused-ring (bicyclic) bond motifs is 1. The van der Waals surface area contributed by atoms with E-state index < -0.39 is 0 Å². The predicted molar refractivity (Wildman–Crippen MR) is 99.9 cm³/mol. The minimum Gasteiger partial charge on any atom is -0.303 e. The summed E-state index contributed by atoms with van der Waals surface area (Å²) in [6.45, 7) is 1.94. The number of rotatable bonds is 3. The van der Waals surface area contributed by atoms with E-state index in [1.165, 1.54) is 0 Å². The largest absolute Gasteiger partial charge is 0.303 e. The summed E-state index contributed by atoms with van der Waals surface area (Å²) in [7, 11) is 0. The first-order valence-electron chi connectivity index (χ1n) is 8.76. The molecule has 0 spiro atoms. The van der Waals surface area contributed by atoms with Gasteiger partial charge in [-0.1, -0.05) is 67.6 Å². The van der Waals surface area contributed by atoms with Crippen molar-refractivity contribution >= 4 is 23.4 Å². The minimum absolute atomic E-state index is 0.0954. The summed E-state index contributed by atoms with van der Waals surface area (Å²) in [4.78, 5) is 37.7. The smallest absolute Gasteiger partial charge is 0.190 e. The first-order valence-corrected chi connectivity index (χ1v) is 8.76. The van der Waals surface area contributed by atoms with Crippen LogP contribution in [0.2, 0.25) is 0 Å². The molecule has 128 valence electrons. The van der Waals surface area contributed by atoms with Gasteiger partial charge in [0.15, 0.2) is 11.6 Å². The molecule has 0 aromatic heterocycles. The van der Waals surface area contributed by atoms with E-state index in [-0.39, 0.29) is 29.8 Å². The highest BCUT2D eigenvalue weighted by atomic mass is 16.1. The second kappa shape index (κ2) is 6.34. The van der Waals surface area contributed by atoms with Crippen LogP contribution in [0.5, 0.6) is 0 Å². The lowest BCUT2D eigenvalue weighted by molar-refractivity contribution is -0.108. The fraction of sp³-hybridized carbons (Fsp3) is 0.174. The van der Waals surface area contributed by atoms with E-state index in [4.69, 9.17) is 0 Å². The maximum atomic E-state index is 13.3. The third-order valence-corrected chi connectivity index (χ3v) is 5.24. The van der Waals surface area contributed by atoms with E-state index in [0.29, 0.717) is 22.3 Å². The second-order valence-corrected chi connectivity index (χ2v) is 6.76. The molecule has 0 aliphatic heterocycles. The Balaban J connectivity index is 1.91. The van der Waals surface area contributed by atoms with Crippen LogP contribution in [0.4, 0.5) is 0 Å². The van der Waals surface area contributed by atoms with Gasteiger partial charge in [0.1, 0.15) is 6.29 Å². The SMILES string of the molecule is C[C@H]1C=C(c2ccccc2)[C@@H](CC=O)C2=C1C(=O)c1ccccc1C2=O. The quantitative estimate of drug-likeness (QED) is 0.782. The van der Waals surface area contributed by atoms with Crippen molar-refractivity contribution < 1.29 is 14.4 Å². The summed E-state index contributed by atoms with van der Waals surface area (Å²) in [5, 5.41) is 0. The average Bonchev–Trinajstić information content (AvgIpc) is 2.68. The summed E-state index contributed by atoms with van der Waals surface area (Å²) < 4.78 is 0. The Morgan fingerprint density at radius 2 is 1.42 bits per heavy atom. The van der Waals surface area contributed by atoms with E-state index in [1.807, 2.05) is 43.3 Å². The molecule has 4 rings (SSSR count). The monoisotopic (exact) mass is 342 g/mol. The van der Waals surface area contributed by atoms with E-state index >= 15 is 0 Å². The molecule has 0 bridgehead atoms. The van der Waals surface area contributed by atoms with Crippen molar-refractivity contribution in [3.63, 3.8) is 0 Å². The Bertz CT molecular complexity index is 980. The molecule has 0 unspecified atom stereocenters. The van der Waals surface area contributed by atoms with Gasteiger partial charge in [-0.3, -0.25) is 9.59 Å². The number of Topliss-reactive ketones (excluding diaryl/α,β-unsaturated/α-hetero) is 2. The van der Waals surface area contributed by atoms with Gasteiger partial charge in [-0.05, 0) is 11.1 Å². The molecule has 26 heavy (non-hydrogen) atoms. The van der Waals surface area contributed by atoms with Crippen LogP contribution >= 0.6 is 0 Å². The van der Waals surface area contributed by atoms with Crippen molar-refractivity contribution in [2.75, 3.05) is 0 Å². The Kier molecular flexibility index (Phi) is 4.00. The molecule has 0 saturated carbocycles. The highest BCUT2D eigenvalue weighted by molar-refractivity contribution is 6.28. The summed E-state index contributed by atoms with van der Waals surface area (Å²) in [5.41, 5.74) is 3.87. The molecule has 3 nitrogen and oxygen atoms in total. The Hall–Kier alpha value is -3.07. The van der Waals surface area contributed by atoms with Crippen molar-refractivity contribution in [2.45, 2.75) is 13.3 Å². The standard InChI is InChI=1S/C23H18O3/c1-14-13-19(15-7-3-2-4-8-15)16(11-12-24)21-20(14)22(25)17-9-5-6-10-18(17)23(21)26/h2-10,12-14,16H,11H2,1H3/t14-,16+/m0/s1. The zero-order valence-electron chi connectivity index (χ0n) is 14.4. The van der Waals surface area contributed by atoms with E-state index in [0.717, 1.165) is 17.4 Å².